The van der Waals surface area contributed by atoms with Crippen LogP contribution in [0.3, 0.4) is 0 Å². The van der Waals surface area contributed by atoms with E-state index in [1.165, 1.54) is 7.11 Å². The van der Waals surface area contributed by atoms with Gasteiger partial charge in [0.2, 0.25) is 0 Å². The van der Waals surface area contributed by atoms with Gasteiger partial charge in [0.05, 0.1) is 7.11 Å². The average molecular weight is 290 g/mol. The van der Waals surface area contributed by atoms with E-state index in [-0.39, 0.29) is 12.0 Å². The van der Waals surface area contributed by atoms with Crippen molar-refractivity contribution in [3.8, 4) is 0 Å². The molecule has 0 aromatic heterocycles. The second kappa shape index (κ2) is 8.03. The smallest absolute Gasteiger partial charge is 0.324 e. The lowest BCUT2D eigenvalue weighted by atomic mass is 10.2. The van der Waals surface area contributed by atoms with E-state index in [1.807, 2.05) is 18.2 Å². The van der Waals surface area contributed by atoms with Gasteiger partial charge >= 0.3 is 5.97 Å². The van der Waals surface area contributed by atoms with Crippen LogP contribution in [0.25, 0.3) is 0 Å². The van der Waals surface area contributed by atoms with Gasteiger partial charge in [0.25, 0.3) is 0 Å². The van der Waals surface area contributed by atoms with Crippen molar-refractivity contribution >= 4 is 11.7 Å². The Labute approximate surface area is 127 Å². The van der Waals surface area contributed by atoms with Gasteiger partial charge in [0.1, 0.15) is 6.04 Å². The van der Waals surface area contributed by atoms with Crippen LogP contribution in [0.1, 0.15) is 32.6 Å². The van der Waals surface area contributed by atoms with Crippen LogP contribution >= 0.6 is 0 Å². The van der Waals surface area contributed by atoms with E-state index in [4.69, 9.17) is 4.74 Å². The quantitative estimate of drug-likeness (QED) is 0.710. The van der Waals surface area contributed by atoms with E-state index >= 15 is 0 Å². The third-order valence-corrected chi connectivity index (χ3v) is 3.81. The van der Waals surface area contributed by atoms with Crippen molar-refractivity contribution in [2.75, 3.05) is 25.1 Å². The molecule has 4 heteroatoms. The molecule has 0 spiro atoms. The van der Waals surface area contributed by atoms with Gasteiger partial charge in [-0.1, -0.05) is 31.5 Å². The Balaban J connectivity index is 2.05. The number of unbranched alkanes of at least 4 members (excludes halogenated alkanes) is 1. The number of ether oxygens (including phenoxy) is 1. The highest BCUT2D eigenvalue weighted by molar-refractivity contribution is 5.76. The van der Waals surface area contributed by atoms with Gasteiger partial charge < -0.3 is 15.0 Å². The lowest BCUT2D eigenvalue weighted by Gasteiger charge is -2.29. The summed E-state index contributed by atoms with van der Waals surface area (Å²) >= 11 is 0. The van der Waals surface area contributed by atoms with Crippen molar-refractivity contribution in [3.63, 3.8) is 0 Å². The normalized spacial score (nSPS) is 15.5. The van der Waals surface area contributed by atoms with Crippen molar-refractivity contribution < 1.29 is 9.53 Å². The zero-order valence-corrected chi connectivity index (χ0v) is 13.0. The molecule has 21 heavy (non-hydrogen) atoms. The number of nitrogens with zero attached hydrogens (tertiary/aromatic N) is 1. The van der Waals surface area contributed by atoms with E-state index < -0.39 is 0 Å². The minimum atomic E-state index is -0.250. The molecule has 1 N–H and O–H groups in total. The number of carbonyl (C=O) groups is 1. The molecule has 0 saturated heterocycles. The topological polar surface area (TPSA) is 41.6 Å². The third-order valence-electron chi connectivity index (χ3n) is 3.81. The van der Waals surface area contributed by atoms with Gasteiger partial charge in [0, 0.05) is 24.8 Å². The van der Waals surface area contributed by atoms with Crippen molar-refractivity contribution in [2.24, 2.45) is 0 Å². The Hall–Kier alpha value is -1.55. The van der Waals surface area contributed by atoms with Crippen LogP contribution in [-0.2, 0) is 9.53 Å². The number of anilines is 1. The number of nitrogens with one attached hydrogen (secondary N) is 1. The molecule has 0 heterocycles. The zero-order chi connectivity index (χ0) is 15.1. The van der Waals surface area contributed by atoms with Crippen LogP contribution in [0, 0.1) is 0 Å². The van der Waals surface area contributed by atoms with Crippen molar-refractivity contribution in [1.82, 2.24) is 5.32 Å². The van der Waals surface area contributed by atoms with Crippen molar-refractivity contribution in [2.45, 2.75) is 44.7 Å². The van der Waals surface area contributed by atoms with Gasteiger partial charge in [0.15, 0.2) is 0 Å². The lowest BCUT2D eigenvalue weighted by molar-refractivity contribution is -0.142. The maximum Gasteiger partial charge on any atom is 0.324 e. The summed E-state index contributed by atoms with van der Waals surface area (Å²) in [5.74, 6) is -0.167. The fourth-order valence-corrected chi connectivity index (χ4v) is 2.41. The minimum Gasteiger partial charge on any atom is -0.468 e. The Bertz CT molecular complexity index is 432. The van der Waals surface area contributed by atoms with Gasteiger partial charge in [-0.2, -0.15) is 0 Å². The maximum absolute atomic E-state index is 12.0. The fourth-order valence-electron chi connectivity index (χ4n) is 2.41. The number of rotatable bonds is 9. The molecule has 1 fully saturated rings. The molecule has 1 aromatic rings. The van der Waals surface area contributed by atoms with Crippen LogP contribution in [0.15, 0.2) is 30.3 Å². The SMILES string of the molecule is CCCCN(CC(NC1CC1)C(=O)OC)c1ccccc1. The van der Waals surface area contributed by atoms with E-state index in [2.05, 4.69) is 29.3 Å². The second-order valence-electron chi connectivity index (χ2n) is 5.65. The summed E-state index contributed by atoms with van der Waals surface area (Å²) < 4.78 is 4.95. The van der Waals surface area contributed by atoms with Crippen molar-refractivity contribution in [3.05, 3.63) is 30.3 Å². The van der Waals surface area contributed by atoms with Crippen LogP contribution in [0.4, 0.5) is 5.69 Å². The first kappa shape index (κ1) is 15.8. The molecule has 1 aliphatic carbocycles. The Kier molecular flexibility index (Phi) is 6.05. The highest BCUT2D eigenvalue weighted by Crippen LogP contribution is 2.21. The van der Waals surface area contributed by atoms with Crippen molar-refractivity contribution in [1.29, 1.82) is 0 Å². The minimum absolute atomic E-state index is 0.167. The standard InChI is InChI=1S/C17H26N2O2/c1-3-4-12-19(15-8-6-5-7-9-15)13-16(17(20)21-2)18-14-10-11-14/h5-9,14,16,18H,3-4,10-13H2,1-2H3. The Morgan fingerprint density at radius 3 is 2.67 bits per heavy atom. The first-order valence-corrected chi connectivity index (χ1v) is 7.88. The van der Waals surface area contributed by atoms with E-state index in [9.17, 15) is 4.79 Å². The van der Waals surface area contributed by atoms with E-state index in [1.54, 1.807) is 0 Å². The average Bonchev–Trinajstić information content (AvgIpc) is 3.34. The van der Waals surface area contributed by atoms with Gasteiger partial charge in [-0.05, 0) is 31.4 Å². The number of para-hydroxylation sites is 1. The van der Waals surface area contributed by atoms with Crippen LogP contribution in [-0.4, -0.2) is 38.3 Å². The van der Waals surface area contributed by atoms with Crippen LogP contribution in [0.5, 0.6) is 0 Å². The largest absolute Gasteiger partial charge is 0.468 e. The molecule has 0 radical (unpaired) electrons. The Morgan fingerprint density at radius 2 is 2.10 bits per heavy atom. The lowest BCUT2D eigenvalue weighted by Crippen LogP contribution is -2.48. The van der Waals surface area contributed by atoms with E-state index in [0.717, 1.165) is 37.9 Å². The molecule has 0 bridgehead atoms. The molecule has 0 amide bonds. The number of hydrogen-bond acceptors (Lipinski definition) is 4. The number of esters is 1. The van der Waals surface area contributed by atoms with Gasteiger partial charge in [-0.15, -0.1) is 0 Å². The third kappa shape index (κ3) is 5.05. The number of benzene rings is 1. The molecule has 4 nitrogen and oxygen atoms in total. The predicted molar refractivity (Wildman–Crippen MR) is 85.5 cm³/mol. The molecule has 2 rings (SSSR count). The van der Waals surface area contributed by atoms with Gasteiger partial charge in [-0.25, -0.2) is 0 Å². The number of methoxy groups -OCH3 is 1. The molecular weight excluding hydrogens is 264 g/mol. The maximum atomic E-state index is 12.0. The fraction of sp³-hybridized carbons (Fsp3) is 0.588. The molecule has 1 unspecified atom stereocenters. The molecular formula is C17H26N2O2. The number of hydrogen-bond donors (Lipinski definition) is 1. The van der Waals surface area contributed by atoms with E-state index in [0.29, 0.717) is 12.6 Å². The summed E-state index contributed by atoms with van der Waals surface area (Å²) in [6.45, 7) is 3.80. The number of carbonyl (C=O) groups excluding carboxylic acids is 1. The van der Waals surface area contributed by atoms with Crippen LogP contribution < -0.4 is 10.2 Å². The highest BCUT2D eigenvalue weighted by Gasteiger charge is 2.30. The summed E-state index contributed by atoms with van der Waals surface area (Å²) in [5, 5.41) is 3.40. The molecule has 1 saturated carbocycles. The summed E-state index contributed by atoms with van der Waals surface area (Å²) in [4.78, 5) is 14.3. The molecule has 116 valence electrons. The second-order valence-corrected chi connectivity index (χ2v) is 5.65. The summed E-state index contributed by atoms with van der Waals surface area (Å²) in [6, 6.07) is 10.5. The monoisotopic (exact) mass is 290 g/mol. The predicted octanol–water partition coefficient (Wildman–Crippen LogP) is 2.59. The molecule has 1 atom stereocenters. The molecule has 0 aliphatic heterocycles. The highest BCUT2D eigenvalue weighted by atomic mass is 16.5. The zero-order valence-electron chi connectivity index (χ0n) is 13.0. The van der Waals surface area contributed by atoms with Gasteiger partial charge in [-0.3, -0.25) is 4.79 Å². The molecule has 1 aromatic carbocycles. The van der Waals surface area contributed by atoms with Crippen LogP contribution in [0.2, 0.25) is 0 Å². The first-order valence-electron chi connectivity index (χ1n) is 7.88. The summed E-state index contributed by atoms with van der Waals surface area (Å²) in [5.41, 5.74) is 1.16. The molecule has 1 aliphatic rings. The Morgan fingerprint density at radius 1 is 1.38 bits per heavy atom. The summed E-state index contributed by atoms with van der Waals surface area (Å²) in [6.07, 6.45) is 4.58. The first-order chi connectivity index (χ1) is 10.2. The summed E-state index contributed by atoms with van der Waals surface area (Å²) in [7, 11) is 1.46.